The highest BCUT2D eigenvalue weighted by atomic mass is 35.5. The van der Waals surface area contributed by atoms with Gasteiger partial charge in [-0.15, -0.1) is 0 Å². The molecule has 1 aliphatic rings. The fourth-order valence-corrected chi connectivity index (χ4v) is 2.34. The second-order valence-corrected chi connectivity index (χ2v) is 5.52. The molecule has 5 nitrogen and oxygen atoms in total. The van der Waals surface area contributed by atoms with Gasteiger partial charge >= 0.3 is 6.03 Å². The number of carbonyl (C=O) groups excluding carboxylic acids is 2. The molecule has 0 saturated carbocycles. The van der Waals surface area contributed by atoms with Gasteiger partial charge in [0.1, 0.15) is 5.82 Å². The van der Waals surface area contributed by atoms with E-state index in [9.17, 15) is 14.0 Å². The molecule has 2 N–H and O–H groups in total. The van der Waals surface area contributed by atoms with E-state index in [0.717, 1.165) is 0 Å². The van der Waals surface area contributed by atoms with Crippen molar-refractivity contribution in [2.45, 2.75) is 26.3 Å². The number of anilines is 1. The summed E-state index contributed by atoms with van der Waals surface area (Å²) >= 11 is 5.94. The lowest BCUT2D eigenvalue weighted by Crippen LogP contribution is -2.44. The molecule has 0 aliphatic carbocycles. The Labute approximate surface area is 127 Å². The third-order valence-corrected chi connectivity index (χ3v) is 3.77. The summed E-state index contributed by atoms with van der Waals surface area (Å²) in [5.74, 6) is -0.497. The van der Waals surface area contributed by atoms with Crippen molar-refractivity contribution in [3.8, 4) is 0 Å². The number of aryl methyl sites for hydroxylation is 1. The van der Waals surface area contributed by atoms with Gasteiger partial charge in [0.05, 0.1) is 10.7 Å². The Kier molecular flexibility index (Phi) is 4.67. The van der Waals surface area contributed by atoms with Crippen LogP contribution in [0, 0.1) is 12.7 Å². The molecule has 0 spiro atoms. The monoisotopic (exact) mass is 313 g/mol. The molecule has 1 aromatic rings. The molecule has 3 amide bonds. The Bertz CT molecular complexity index is 580. The van der Waals surface area contributed by atoms with Gasteiger partial charge in [-0.25, -0.2) is 9.18 Å². The number of benzene rings is 1. The van der Waals surface area contributed by atoms with Crippen LogP contribution in [0.5, 0.6) is 0 Å². The lowest BCUT2D eigenvalue weighted by molar-refractivity contribution is -0.120. The van der Waals surface area contributed by atoms with Gasteiger partial charge in [0.2, 0.25) is 5.91 Å². The molecule has 2 rings (SSSR count). The average molecular weight is 314 g/mol. The van der Waals surface area contributed by atoms with Crippen LogP contribution >= 0.6 is 11.6 Å². The van der Waals surface area contributed by atoms with Crippen LogP contribution in [0.25, 0.3) is 0 Å². The molecule has 1 aromatic carbocycles. The van der Waals surface area contributed by atoms with Crippen LogP contribution in [0.2, 0.25) is 5.02 Å². The van der Waals surface area contributed by atoms with Crippen molar-refractivity contribution in [3.05, 3.63) is 28.5 Å². The zero-order valence-corrected chi connectivity index (χ0v) is 12.6. The third kappa shape index (κ3) is 3.64. The minimum Gasteiger partial charge on any atom is -0.354 e. The van der Waals surface area contributed by atoms with E-state index in [-0.39, 0.29) is 29.4 Å². The van der Waals surface area contributed by atoms with Gasteiger partial charge in [0, 0.05) is 25.6 Å². The van der Waals surface area contributed by atoms with Crippen LogP contribution in [-0.2, 0) is 4.79 Å². The van der Waals surface area contributed by atoms with Crippen molar-refractivity contribution in [2.24, 2.45) is 0 Å². The number of halogens is 2. The molecule has 0 aromatic heterocycles. The molecule has 0 radical (unpaired) electrons. The number of hydrogen-bond donors (Lipinski definition) is 2. The lowest BCUT2D eigenvalue weighted by atomic mass is 10.2. The summed E-state index contributed by atoms with van der Waals surface area (Å²) in [5, 5.41) is 5.55. The van der Waals surface area contributed by atoms with Crippen molar-refractivity contribution in [1.82, 2.24) is 10.2 Å². The van der Waals surface area contributed by atoms with E-state index in [0.29, 0.717) is 24.3 Å². The van der Waals surface area contributed by atoms with E-state index in [4.69, 9.17) is 11.6 Å². The normalized spacial score (nSPS) is 19.0. The second kappa shape index (κ2) is 6.30. The van der Waals surface area contributed by atoms with E-state index < -0.39 is 5.82 Å². The highest BCUT2D eigenvalue weighted by Gasteiger charge is 2.25. The van der Waals surface area contributed by atoms with Crippen LogP contribution in [0.4, 0.5) is 14.9 Å². The maximum Gasteiger partial charge on any atom is 0.322 e. The number of amides is 3. The summed E-state index contributed by atoms with van der Waals surface area (Å²) in [5.41, 5.74) is 0.756. The smallest absolute Gasteiger partial charge is 0.322 e. The number of carbonyl (C=O) groups is 2. The quantitative estimate of drug-likeness (QED) is 0.837. The molecular formula is C14H17ClFN3O2. The molecule has 1 aliphatic heterocycles. The molecule has 1 heterocycles. The van der Waals surface area contributed by atoms with E-state index in [1.165, 1.54) is 12.1 Å². The zero-order valence-electron chi connectivity index (χ0n) is 11.9. The predicted molar refractivity (Wildman–Crippen MR) is 79.0 cm³/mol. The first-order chi connectivity index (χ1) is 9.88. The molecule has 114 valence electrons. The summed E-state index contributed by atoms with van der Waals surface area (Å²) in [7, 11) is 0. The van der Waals surface area contributed by atoms with Crippen LogP contribution in [0.1, 0.15) is 18.9 Å². The molecule has 1 atom stereocenters. The first-order valence-electron chi connectivity index (χ1n) is 6.68. The van der Waals surface area contributed by atoms with Gasteiger partial charge in [0.15, 0.2) is 0 Å². The summed E-state index contributed by atoms with van der Waals surface area (Å²) < 4.78 is 13.4. The summed E-state index contributed by atoms with van der Waals surface area (Å²) in [6.45, 7) is 4.18. The van der Waals surface area contributed by atoms with Crippen LogP contribution in [0.3, 0.4) is 0 Å². The lowest BCUT2D eigenvalue weighted by Gasteiger charge is -2.26. The van der Waals surface area contributed by atoms with Crippen LogP contribution in [-0.4, -0.2) is 36.0 Å². The minimum atomic E-state index is -0.420. The minimum absolute atomic E-state index is 0.0761. The van der Waals surface area contributed by atoms with Crippen molar-refractivity contribution in [3.63, 3.8) is 0 Å². The maximum absolute atomic E-state index is 13.4. The number of nitrogens with one attached hydrogen (secondary N) is 2. The van der Waals surface area contributed by atoms with Crippen LogP contribution in [0.15, 0.2) is 12.1 Å². The van der Waals surface area contributed by atoms with Crippen molar-refractivity contribution >= 4 is 29.2 Å². The molecular weight excluding hydrogens is 297 g/mol. The third-order valence-electron chi connectivity index (χ3n) is 3.46. The number of nitrogens with zero attached hydrogens (tertiary/aromatic N) is 1. The van der Waals surface area contributed by atoms with Crippen molar-refractivity contribution in [1.29, 1.82) is 0 Å². The van der Waals surface area contributed by atoms with Gasteiger partial charge in [-0.3, -0.25) is 4.79 Å². The predicted octanol–water partition coefficient (Wildman–Crippen LogP) is 2.53. The largest absolute Gasteiger partial charge is 0.354 e. The SMILES string of the molecule is Cc1cc(NC(=O)N2CCC(=O)NC[C@H]2C)c(Cl)cc1F. The van der Waals surface area contributed by atoms with Crippen LogP contribution < -0.4 is 10.6 Å². The fraction of sp³-hybridized carbons (Fsp3) is 0.429. The molecule has 7 heteroatoms. The number of rotatable bonds is 1. The van der Waals surface area contributed by atoms with Gasteiger partial charge in [-0.1, -0.05) is 11.6 Å². The van der Waals surface area contributed by atoms with E-state index in [2.05, 4.69) is 10.6 Å². The standard InChI is InChI=1S/C14H17ClFN3O2/c1-8-5-12(10(15)6-11(8)16)18-14(21)19-4-3-13(20)17-7-9(19)2/h5-6,9H,3-4,7H2,1-2H3,(H,17,20)(H,18,21)/t9-/m1/s1. The Morgan fingerprint density at radius 2 is 2.24 bits per heavy atom. The maximum atomic E-state index is 13.4. The Hall–Kier alpha value is -1.82. The molecule has 0 bridgehead atoms. The molecule has 21 heavy (non-hydrogen) atoms. The summed E-state index contributed by atoms with van der Waals surface area (Å²) in [6, 6.07) is 2.17. The van der Waals surface area contributed by atoms with Crippen molar-refractivity contribution in [2.75, 3.05) is 18.4 Å². The van der Waals surface area contributed by atoms with Gasteiger partial charge < -0.3 is 15.5 Å². The van der Waals surface area contributed by atoms with Gasteiger partial charge in [-0.05, 0) is 31.5 Å². The highest BCUT2D eigenvalue weighted by molar-refractivity contribution is 6.33. The van der Waals surface area contributed by atoms with Gasteiger partial charge in [0.25, 0.3) is 0 Å². The fourth-order valence-electron chi connectivity index (χ4n) is 2.14. The topological polar surface area (TPSA) is 61.4 Å². The molecule has 0 unspecified atom stereocenters. The van der Waals surface area contributed by atoms with Crippen molar-refractivity contribution < 1.29 is 14.0 Å². The van der Waals surface area contributed by atoms with E-state index in [1.54, 1.807) is 11.8 Å². The first-order valence-corrected chi connectivity index (χ1v) is 7.06. The summed E-state index contributed by atoms with van der Waals surface area (Å²) in [6.07, 6.45) is 0.258. The second-order valence-electron chi connectivity index (χ2n) is 5.11. The first kappa shape index (κ1) is 15.6. The van der Waals surface area contributed by atoms with Gasteiger partial charge in [-0.2, -0.15) is 0 Å². The summed E-state index contributed by atoms with van der Waals surface area (Å²) in [4.78, 5) is 25.2. The molecule has 1 saturated heterocycles. The van der Waals surface area contributed by atoms with E-state index >= 15 is 0 Å². The zero-order chi connectivity index (χ0) is 15.6. The highest BCUT2D eigenvalue weighted by Crippen LogP contribution is 2.25. The average Bonchev–Trinajstić information content (AvgIpc) is 2.58. The Morgan fingerprint density at radius 3 is 2.95 bits per heavy atom. The van der Waals surface area contributed by atoms with E-state index in [1.807, 2.05) is 6.92 Å². The number of urea groups is 1. The molecule has 1 fully saturated rings. The Balaban J connectivity index is 2.13. The Morgan fingerprint density at radius 1 is 1.52 bits per heavy atom. The number of hydrogen-bond acceptors (Lipinski definition) is 2.